The molecule has 1 heterocycles. The fourth-order valence-electron chi connectivity index (χ4n) is 2.73. The Morgan fingerprint density at radius 3 is 2.81 bits per heavy atom. The molecular weight excluding hydrogens is 272 g/mol. The average molecular weight is 292 g/mol. The third-order valence-corrected chi connectivity index (χ3v) is 3.93. The summed E-state index contributed by atoms with van der Waals surface area (Å²) < 4.78 is 0. The van der Waals surface area contributed by atoms with Crippen molar-refractivity contribution in [3.8, 4) is 0 Å². The van der Waals surface area contributed by atoms with E-state index in [-0.39, 0.29) is 17.3 Å². The molecule has 0 aromatic heterocycles. The van der Waals surface area contributed by atoms with Crippen LogP contribution in [0.25, 0.3) is 0 Å². The van der Waals surface area contributed by atoms with Crippen molar-refractivity contribution < 1.29 is 9.72 Å². The van der Waals surface area contributed by atoms with Crippen LogP contribution in [0.15, 0.2) is 18.2 Å². The summed E-state index contributed by atoms with van der Waals surface area (Å²) in [6, 6.07) is 4.31. The molecule has 21 heavy (non-hydrogen) atoms. The maximum atomic E-state index is 11.3. The summed E-state index contributed by atoms with van der Waals surface area (Å²) >= 11 is 0. The summed E-state index contributed by atoms with van der Waals surface area (Å²) in [4.78, 5) is 24.2. The second-order valence-electron chi connectivity index (χ2n) is 5.63. The van der Waals surface area contributed by atoms with Gasteiger partial charge in [0.25, 0.3) is 5.69 Å². The fraction of sp³-hybridized carbons (Fsp3) is 0.500. The average Bonchev–Trinajstić information content (AvgIpc) is 2.41. The Hall–Kier alpha value is -2.15. The number of nitrogens with two attached hydrogens (primary N) is 1. The smallest absolute Gasteiger partial charge is 0.292 e. The highest BCUT2D eigenvalue weighted by atomic mass is 16.6. The van der Waals surface area contributed by atoms with Gasteiger partial charge in [0.05, 0.1) is 4.92 Å². The van der Waals surface area contributed by atoms with Gasteiger partial charge in [-0.25, -0.2) is 0 Å². The molecule has 1 amide bonds. The van der Waals surface area contributed by atoms with E-state index in [1.165, 1.54) is 18.2 Å². The first-order valence-electron chi connectivity index (χ1n) is 6.92. The van der Waals surface area contributed by atoms with Crippen molar-refractivity contribution in [3.05, 3.63) is 33.9 Å². The molecule has 1 saturated heterocycles. The third kappa shape index (κ3) is 3.49. The number of carbonyl (C=O) groups excluding carboxylic acids is 1. The Bertz CT molecular complexity index is 561. The molecule has 114 valence electrons. The number of primary amides is 1. The molecule has 0 bridgehead atoms. The number of nitrogens with zero attached hydrogens (tertiary/aromatic N) is 2. The molecule has 1 fully saturated rings. The number of carbonyl (C=O) groups is 1. The summed E-state index contributed by atoms with van der Waals surface area (Å²) in [5, 5.41) is 14.3. The molecule has 7 heteroatoms. The van der Waals surface area contributed by atoms with Gasteiger partial charge in [0, 0.05) is 24.2 Å². The van der Waals surface area contributed by atoms with Crippen LogP contribution < -0.4 is 11.1 Å². The molecule has 0 aliphatic carbocycles. The first kappa shape index (κ1) is 15.2. The maximum Gasteiger partial charge on any atom is 0.292 e. The fourth-order valence-corrected chi connectivity index (χ4v) is 2.73. The number of rotatable bonds is 4. The first-order chi connectivity index (χ1) is 9.88. The van der Waals surface area contributed by atoms with Gasteiger partial charge in [0.1, 0.15) is 5.69 Å². The number of nitrogens with one attached hydrogen (secondary N) is 1. The normalized spacial score (nSPS) is 22.8. The van der Waals surface area contributed by atoms with E-state index in [1.807, 2.05) is 0 Å². The van der Waals surface area contributed by atoms with Gasteiger partial charge >= 0.3 is 0 Å². The zero-order valence-electron chi connectivity index (χ0n) is 12.2. The van der Waals surface area contributed by atoms with E-state index in [0.29, 0.717) is 11.6 Å². The molecule has 0 spiro atoms. The van der Waals surface area contributed by atoms with Crippen LogP contribution in [-0.4, -0.2) is 41.9 Å². The van der Waals surface area contributed by atoms with Gasteiger partial charge in [-0.3, -0.25) is 14.9 Å². The van der Waals surface area contributed by atoms with Crippen molar-refractivity contribution in [2.75, 3.05) is 25.5 Å². The monoisotopic (exact) mass is 292 g/mol. The van der Waals surface area contributed by atoms with Gasteiger partial charge < -0.3 is 16.0 Å². The van der Waals surface area contributed by atoms with E-state index >= 15 is 0 Å². The summed E-state index contributed by atoms with van der Waals surface area (Å²) in [5.74, 6) is -0.232. The number of anilines is 1. The van der Waals surface area contributed by atoms with Crippen LogP contribution in [0.5, 0.6) is 0 Å². The molecule has 1 aliphatic rings. The molecular formula is C14H20N4O3. The Morgan fingerprint density at radius 2 is 2.24 bits per heavy atom. The Labute approximate surface area is 123 Å². The highest BCUT2D eigenvalue weighted by Gasteiger charge is 2.26. The summed E-state index contributed by atoms with van der Waals surface area (Å²) in [6.45, 7) is 3.98. The summed E-state index contributed by atoms with van der Waals surface area (Å²) in [7, 11) is 2.06. The van der Waals surface area contributed by atoms with Gasteiger partial charge in [-0.15, -0.1) is 0 Å². The molecule has 0 radical (unpaired) electrons. The van der Waals surface area contributed by atoms with E-state index in [4.69, 9.17) is 5.73 Å². The second-order valence-corrected chi connectivity index (χ2v) is 5.63. The Morgan fingerprint density at radius 1 is 1.52 bits per heavy atom. The molecule has 2 rings (SSSR count). The predicted octanol–water partition coefficient (Wildman–Crippen LogP) is 1.45. The van der Waals surface area contributed by atoms with Gasteiger partial charge in [0.15, 0.2) is 0 Å². The molecule has 1 aromatic rings. The van der Waals surface area contributed by atoms with Gasteiger partial charge in [-0.2, -0.15) is 0 Å². The summed E-state index contributed by atoms with van der Waals surface area (Å²) in [6.07, 6.45) is 0.898. The minimum absolute atomic E-state index is 0.0360. The zero-order valence-corrected chi connectivity index (χ0v) is 12.2. The van der Waals surface area contributed by atoms with Crippen molar-refractivity contribution >= 4 is 17.3 Å². The zero-order chi connectivity index (χ0) is 15.6. The van der Waals surface area contributed by atoms with Crippen LogP contribution in [0.3, 0.4) is 0 Å². The number of hydrogen-bond acceptors (Lipinski definition) is 5. The maximum absolute atomic E-state index is 11.3. The number of hydrogen-bond donors (Lipinski definition) is 2. The van der Waals surface area contributed by atoms with Crippen LogP contribution in [0, 0.1) is 16.0 Å². The Balaban J connectivity index is 2.26. The lowest BCUT2D eigenvalue weighted by atomic mass is 9.93. The number of piperidine rings is 1. The quantitative estimate of drug-likeness (QED) is 0.646. The van der Waals surface area contributed by atoms with Gasteiger partial charge in [0.2, 0.25) is 5.91 Å². The second kappa shape index (κ2) is 6.09. The molecule has 7 nitrogen and oxygen atoms in total. The Kier molecular flexibility index (Phi) is 4.42. The lowest BCUT2D eigenvalue weighted by molar-refractivity contribution is -0.384. The number of nitro benzene ring substituents is 1. The van der Waals surface area contributed by atoms with Crippen LogP contribution in [-0.2, 0) is 0 Å². The van der Waals surface area contributed by atoms with E-state index < -0.39 is 10.8 Å². The molecule has 1 aliphatic heterocycles. The van der Waals surface area contributed by atoms with Crippen LogP contribution in [0.2, 0.25) is 0 Å². The van der Waals surface area contributed by atoms with Crippen LogP contribution >= 0.6 is 0 Å². The SMILES string of the molecule is CC1CN(C)CCC1Nc1cc(C(N)=O)ccc1[N+](=O)[O-]. The highest BCUT2D eigenvalue weighted by Crippen LogP contribution is 2.29. The predicted molar refractivity (Wildman–Crippen MR) is 80.3 cm³/mol. The summed E-state index contributed by atoms with van der Waals surface area (Å²) in [5.41, 5.74) is 5.83. The molecule has 3 N–H and O–H groups in total. The molecule has 1 aromatic carbocycles. The number of likely N-dealkylation sites (tertiary alicyclic amines) is 1. The van der Waals surface area contributed by atoms with Crippen molar-refractivity contribution in [2.45, 2.75) is 19.4 Å². The number of benzene rings is 1. The first-order valence-corrected chi connectivity index (χ1v) is 6.92. The largest absolute Gasteiger partial charge is 0.376 e. The van der Waals surface area contributed by atoms with E-state index in [9.17, 15) is 14.9 Å². The number of nitro groups is 1. The molecule has 2 atom stereocenters. The van der Waals surface area contributed by atoms with Crippen molar-refractivity contribution in [1.82, 2.24) is 4.90 Å². The van der Waals surface area contributed by atoms with E-state index in [1.54, 1.807) is 0 Å². The van der Waals surface area contributed by atoms with Crippen molar-refractivity contribution in [1.29, 1.82) is 0 Å². The van der Waals surface area contributed by atoms with E-state index in [0.717, 1.165) is 19.5 Å². The highest BCUT2D eigenvalue weighted by molar-refractivity contribution is 5.94. The van der Waals surface area contributed by atoms with Crippen LogP contribution in [0.4, 0.5) is 11.4 Å². The standard InChI is InChI=1S/C14H20N4O3/c1-9-8-17(2)6-5-11(9)16-12-7-10(14(15)19)3-4-13(12)18(20)21/h3-4,7,9,11,16H,5-6,8H2,1-2H3,(H2,15,19). The van der Waals surface area contributed by atoms with Gasteiger partial charge in [-0.05, 0) is 38.1 Å². The third-order valence-electron chi connectivity index (χ3n) is 3.93. The topological polar surface area (TPSA) is 102 Å². The molecule has 0 saturated carbocycles. The minimum atomic E-state index is -0.593. The lowest BCUT2D eigenvalue weighted by Crippen LogP contribution is -2.43. The minimum Gasteiger partial charge on any atom is -0.376 e. The van der Waals surface area contributed by atoms with Crippen LogP contribution in [0.1, 0.15) is 23.7 Å². The molecule has 2 unspecified atom stereocenters. The van der Waals surface area contributed by atoms with Gasteiger partial charge in [-0.1, -0.05) is 6.92 Å². The van der Waals surface area contributed by atoms with Crippen molar-refractivity contribution in [3.63, 3.8) is 0 Å². The van der Waals surface area contributed by atoms with E-state index in [2.05, 4.69) is 24.2 Å². The van der Waals surface area contributed by atoms with Crippen molar-refractivity contribution in [2.24, 2.45) is 11.7 Å². The number of amides is 1. The lowest BCUT2D eigenvalue weighted by Gasteiger charge is -2.35.